The van der Waals surface area contributed by atoms with Crippen molar-refractivity contribution in [2.24, 2.45) is 14.1 Å². The fraction of sp³-hybridized carbons (Fsp3) is 0.545. The molecule has 2 aromatic heterocycles. The van der Waals surface area contributed by atoms with Crippen molar-refractivity contribution in [2.75, 3.05) is 0 Å². The van der Waals surface area contributed by atoms with Crippen LogP contribution in [0, 0.1) is 6.92 Å². The Balaban J connectivity index is 2.24. The van der Waals surface area contributed by atoms with Gasteiger partial charge in [0.15, 0.2) is 9.84 Å². The second kappa shape index (κ2) is 5.51. The Morgan fingerprint density at radius 1 is 1.29 bits per heavy atom. The van der Waals surface area contributed by atoms with E-state index in [1.807, 2.05) is 0 Å². The summed E-state index contributed by atoms with van der Waals surface area (Å²) in [7, 11) is -0.659. The Hall–Kier alpha value is -1.84. The van der Waals surface area contributed by atoms with Crippen LogP contribution in [0.4, 0.5) is 8.78 Å². The van der Waals surface area contributed by atoms with Crippen molar-refractivity contribution in [2.45, 2.75) is 24.9 Å². The highest BCUT2D eigenvalue weighted by molar-refractivity contribution is 7.89. The van der Waals surface area contributed by atoms with Crippen LogP contribution in [0.3, 0.4) is 0 Å². The zero-order valence-corrected chi connectivity index (χ0v) is 12.6. The lowest BCUT2D eigenvalue weighted by Gasteiger charge is -2.04. The van der Waals surface area contributed by atoms with E-state index < -0.39 is 27.7 Å². The molecule has 0 fully saturated rings. The highest BCUT2D eigenvalue weighted by Crippen LogP contribution is 2.23. The zero-order chi connectivity index (χ0) is 15.8. The van der Waals surface area contributed by atoms with Crippen LogP contribution in [0.5, 0.6) is 0 Å². The van der Waals surface area contributed by atoms with E-state index in [9.17, 15) is 17.2 Å². The summed E-state index contributed by atoms with van der Waals surface area (Å²) in [5, 5.41) is 11.0. The predicted octanol–water partition coefficient (Wildman–Crippen LogP) is 0.910. The number of hydrogen-bond donors (Lipinski definition) is 0. The molecule has 116 valence electrons. The first-order chi connectivity index (χ1) is 9.69. The van der Waals surface area contributed by atoms with Crippen LogP contribution < -0.4 is 0 Å². The molecule has 21 heavy (non-hydrogen) atoms. The molecule has 0 atom stereocenters. The third-order valence-corrected chi connectivity index (χ3v) is 4.46. The summed E-state index contributed by atoms with van der Waals surface area (Å²) in [5.74, 6) is -0.846. The van der Waals surface area contributed by atoms with Gasteiger partial charge in [0.2, 0.25) is 0 Å². The quantitative estimate of drug-likeness (QED) is 0.818. The van der Waals surface area contributed by atoms with Crippen molar-refractivity contribution in [3.63, 3.8) is 0 Å². The van der Waals surface area contributed by atoms with E-state index in [-0.39, 0.29) is 11.4 Å². The number of rotatable bonds is 5. The van der Waals surface area contributed by atoms with Crippen LogP contribution in [-0.4, -0.2) is 33.2 Å². The summed E-state index contributed by atoms with van der Waals surface area (Å²) in [6.45, 7) is 1.69. The lowest BCUT2D eigenvalue weighted by Crippen LogP contribution is -2.11. The van der Waals surface area contributed by atoms with Crippen molar-refractivity contribution in [1.82, 2.24) is 24.8 Å². The molecule has 0 spiro atoms. The average molecular weight is 319 g/mol. The van der Waals surface area contributed by atoms with Gasteiger partial charge in [0.25, 0.3) is 6.43 Å². The van der Waals surface area contributed by atoms with Gasteiger partial charge in [-0.25, -0.2) is 21.9 Å². The van der Waals surface area contributed by atoms with E-state index in [2.05, 4.69) is 15.4 Å². The number of sulfone groups is 1. The van der Waals surface area contributed by atoms with E-state index >= 15 is 0 Å². The van der Waals surface area contributed by atoms with Gasteiger partial charge in [-0.05, 0) is 6.92 Å². The van der Waals surface area contributed by atoms with Gasteiger partial charge in [0, 0.05) is 25.9 Å². The SMILES string of the molecule is Cc1nn(C)cc1CS(=O)(=O)Cc1nnn(C)c1C(F)F. The standard InChI is InChI=1S/C11H15F2N5O2S/c1-7-8(4-17(2)15-7)5-21(19,20)6-9-10(11(12)13)18(3)16-14-9/h4,11H,5-6H2,1-3H3. The highest BCUT2D eigenvalue weighted by atomic mass is 32.2. The first kappa shape index (κ1) is 15.5. The van der Waals surface area contributed by atoms with E-state index in [4.69, 9.17) is 0 Å². The monoisotopic (exact) mass is 319 g/mol. The summed E-state index contributed by atoms with van der Waals surface area (Å²) in [6, 6.07) is 0. The average Bonchev–Trinajstić information content (AvgIpc) is 2.81. The maximum atomic E-state index is 12.9. The normalized spacial score (nSPS) is 12.3. The van der Waals surface area contributed by atoms with Gasteiger partial charge in [-0.3, -0.25) is 4.68 Å². The van der Waals surface area contributed by atoms with Gasteiger partial charge >= 0.3 is 0 Å². The molecule has 0 amide bonds. The zero-order valence-electron chi connectivity index (χ0n) is 11.8. The second-order valence-electron chi connectivity index (χ2n) is 4.79. The fourth-order valence-corrected chi connectivity index (χ4v) is 3.55. The number of hydrogen-bond acceptors (Lipinski definition) is 5. The number of halogens is 2. The third kappa shape index (κ3) is 3.43. The van der Waals surface area contributed by atoms with E-state index in [0.29, 0.717) is 11.3 Å². The van der Waals surface area contributed by atoms with Gasteiger partial charge < -0.3 is 0 Å². The highest BCUT2D eigenvalue weighted by Gasteiger charge is 2.25. The van der Waals surface area contributed by atoms with Crippen LogP contribution in [0.25, 0.3) is 0 Å². The molecule has 2 heterocycles. The van der Waals surface area contributed by atoms with E-state index in [0.717, 1.165) is 4.68 Å². The summed E-state index contributed by atoms with van der Waals surface area (Å²) >= 11 is 0. The van der Waals surface area contributed by atoms with Gasteiger partial charge in [0.1, 0.15) is 11.4 Å². The molecular weight excluding hydrogens is 304 g/mol. The van der Waals surface area contributed by atoms with E-state index in [1.165, 1.54) is 11.7 Å². The molecule has 0 aliphatic rings. The molecular formula is C11H15F2N5O2S. The molecule has 2 aromatic rings. The number of aryl methyl sites for hydroxylation is 3. The third-order valence-electron chi connectivity index (χ3n) is 3.00. The van der Waals surface area contributed by atoms with Gasteiger partial charge in [-0.2, -0.15) is 5.10 Å². The van der Waals surface area contributed by atoms with Crippen molar-refractivity contribution in [3.8, 4) is 0 Å². The number of alkyl halides is 2. The maximum Gasteiger partial charge on any atom is 0.281 e. The first-order valence-electron chi connectivity index (χ1n) is 6.06. The summed E-state index contributed by atoms with van der Waals surface area (Å²) in [5.41, 5.74) is 0.449. The molecule has 7 nitrogen and oxygen atoms in total. The largest absolute Gasteiger partial charge is 0.281 e. The van der Waals surface area contributed by atoms with Crippen molar-refractivity contribution < 1.29 is 17.2 Å². The lowest BCUT2D eigenvalue weighted by molar-refractivity contribution is 0.140. The summed E-state index contributed by atoms with van der Waals surface area (Å²) in [6.07, 6.45) is -1.23. The predicted molar refractivity (Wildman–Crippen MR) is 70.2 cm³/mol. The van der Waals surface area contributed by atoms with Gasteiger partial charge in [0.05, 0.1) is 17.2 Å². The van der Waals surface area contributed by atoms with Gasteiger partial charge in [-0.15, -0.1) is 5.10 Å². The van der Waals surface area contributed by atoms with Gasteiger partial charge in [-0.1, -0.05) is 5.21 Å². The molecule has 0 radical (unpaired) electrons. The molecule has 2 rings (SSSR count). The Morgan fingerprint density at radius 2 is 1.95 bits per heavy atom. The molecule has 0 saturated heterocycles. The molecule has 0 saturated carbocycles. The molecule has 0 aliphatic heterocycles. The Kier molecular flexibility index (Phi) is 4.08. The van der Waals surface area contributed by atoms with Crippen molar-refractivity contribution in [3.05, 3.63) is 28.8 Å². The molecule has 0 N–H and O–H groups in total. The van der Waals surface area contributed by atoms with Crippen molar-refractivity contribution in [1.29, 1.82) is 0 Å². The number of aromatic nitrogens is 5. The molecule has 0 unspecified atom stereocenters. The molecule has 0 aromatic carbocycles. The minimum atomic E-state index is -3.64. The van der Waals surface area contributed by atoms with E-state index in [1.54, 1.807) is 20.2 Å². The minimum Gasteiger partial charge on any atom is -0.275 e. The summed E-state index contributed by atoms with van der Waals surface area (Å²) < 4.78 is 52.5. The Labute approximate surface area is 120 Å². The van der Waals surface area contributed by atoms with Crippen LogP contribution in [-0.2, 0) is 35.4 Å². The molecule has 10 heteroatoms. The second-order valence-corrected chi connectivity index (χ2v) is 6.86. The smallest absolute Gasteiger partial charge is 0.275 e. The minimum absolute atomic E-state index is 0.214. The fourth-order valence-electron chi connectivity index (χ4n) is 2.06. The Bertz CT molecular complexity index is 751. The topological polar surface area (TPSA) is 82.7 Å². The number of nitrogens with zero attached hydrogens (tertiary/aromatic N) is 5. The van der Waals surface area contributed by atoms with Crippen molar-refractivity contribution >= 4 is 9.84 Å². The van der Waals surface area contributed by atoms with Crippen LogP contribution in [0.2, 0.25) is 0 Å². The molecule has 0 aliphatic carbocycles. The molecule has 0 bridgehead atoms. The summed E-state index contributed by atoms with van der Waals surface area (Å²) in [4.78, 5) is 0. The van der Waals surface area contributed by atoms with Crippen LogP contribution in [0.1, 0.15) is 29.1 Å². The Morgan fingerprint density at radius 3 is 2.48 bits per heavy atom. The lowest BCUT2D eigenvalue weighted by atomic mass is 10.3. The maximum absolute atomic E-state index is 12.9. The van der Waals surface area contributed by atoms with Crippen LogP contribution in [0.15, 0.2) is 6.20 Å². The van der Waals surface area contributed by atoms with Crippen LogP contribution >= 0.6 is 0 Å². The first-order valence-corrected chi connectivity index (χ1v) is 7.88.